The molecule has 0 radical (unpaired) electrons. The van der Waals surface area contributed by atoms with E-state index >= 15 is 4.57 Å². The van der Waals surface area contributed by atoms with E-state index in [2.05, 4.69) is 212 Å². The summed E-state index contributed by atoms with van der Waals surface area (Å²) in [6, 6.07) is 75.9. The average molecular weight is 755 g/mol. The Morgan fingerprint density at radius 1 is 0.259 bits per heavy atom. The van der Waals surface area contributed by atoms with Crippen LogP contribution in [0.15, 0.2) is 212 Å². The molecule has 0 aliphatic carbocycles. The summed E-state index contributed by atoms with van der Waals surface area (Å²) < 4.78 is 16.3. The van der Waals surface area contributed by atoms with Crippen LogP contribution in [0.4, 0.5) is 0 Å². The van der Waals surface area contributed by atoms with E-state index in [1.165, 1.54) is 70.2 Å². The number of rotatable bonds is 4. The van der Waals surface area contributed by atoms with Crippen LogP contribution in [0.5, 0.6) is 0 Å². The van der Waals surface area contributed by atoms with Crippen LogP contribution in [-0.4, -0.2) is 0 Å². The maximum absolute atomic E-state index is 16.3. The Hall–Kier alpha value is -7.05. The average Bonchev–Trinajstić information content (AvgIpc) is 3.29. The van der Waals surface area contributed by atoms with Gasteiger partial charge in [-0.1, -0.05) is 170 Å². The zero-order chi connectivity index (χ0) is 38.4. The molecule has 0 aliphatic heterocycles. The van der Waals surface area contributed by atoms with Gasteiger partial charge in [0.1, 0.15) is 0 Å². The summed E-state index contributed by atoms with van der Waals surface area (Å²) in [7, 11) is -3.36. The maximum atomic E-state index is 16.3. The zero-order valence-corrected chi connectivity index (χ0v) is 32.5. The Morgan fingerprint density at radius 3 is 1.14 bits per heavy atom. The van der Waals surface area contributed by atoms with Crippen LogP contribution in [0, 0.1) is 0 Å². The van der Waals surface area contributed by atoms with Crippen LogP contribution in [0.3, 0.4) is 0 Å². The largest absolute Gasteiger partial charge is 0.309 e. The van der Waals surface area contributed by atoms with E-state index < -0.39 is 7.14 Å². The first-order chi connectivity index (χ1) is 28.6. The highest BCUT2D eigenvalue weighted by molar-refractivity contribution is 7.85. The van der Waals surface area contributed by atoms with Gasteiger partial charge in [0.15, 0.2) is 7.14 Å². The lowest BCUT2D eigenvalue weighted by Crippen LogP contribution is -2.25. The molecule has 0 aromatic heterocycles. The fourth-order valence-corrected chi connectivity index (χ4v) is 12.2. The predicted molar refractivity (Wildman–Crippen MR) is 251 cm³/mol. The van der Waals surface area contributed by atoms with E-state index in [4.69, 9.17) is 0 Å². The molecule has 0 aliphatic rings. The van der Waals surface area contributed by atoms with Crippen molar-refractivity contribution < 1.29 is 4.57 Å². The molecule has 0 fully saturated rings. The maximum Gasteiger partial charge on any atom is 0.171 e. The monoisotopic (exact) mass is 754 g/mol. The molecular formula is C56H35OP. The predicted octanol–water partition coefficient (Wildman–Crippen LogP) is 14.2. The molecule has 58 heavy (non-hydrogen) atoms. The van der Waals surface area contributed by atoms with Gasteiger partial charge in [0.2, 0.25) is 0 Å². The van der Waals surface area contributed by atoms with Gasteiger partial charge < -0.3 is 4.57 Å². The first kappa shape index (κ1) is 33.1. The minimum atomic E-state index is -3.36. The van der Waals surface area contributed by atoms with E-state index in [1.807, 2.05) is 0 Å². The summed E-state index contributed by atoms with van der Waals surface area (Å²) in [4.78, 5) is 0. The molecule has 12 rings (SSSR count). The van der Waals surface area contributed by atoms with Gasteiger partial charge in [0.05, 0.1) is 0 Å². The highest BCUT2D eigenvalue weighted by atomic mass is 31.2. The summed E-state index contributed by atoms with van der Waals surface area (Å²) in [5.41, 5.74) is 2.26. The molecule has 270 valence electrons. The van der Waals surface area contributed by atoms with Gasteiger partial charge in [0.25, 0.3) is 0 Å². The van der Waals surface area contributed by atoms with Crippen molar-refractivity contribution in [1.29, 1.82) is 0 Å². The molecular weight excluding hydrogens is 720 g/mol. The van der Waals surface area contributed by atoms with Crippen LogP contribution in [0.2, 0.25) is 0 Å². The molecule has 12 aromatic rings. The number of hydrogen-bond acceptors (Lipinski definition) is 1. The molecule has 0 heterocycles. The summed E-state index contributed by atoms with van der Waals surface area (Å²) in [5.74, 6) is 0. The number of fused-ring (bicyclic) bond motifs is 12. The van der Waals surface area contributed by atoms with Gasteiger partial charge in [-0.15, -0.1) is 0 Å². The number of hydrogen-bond donors (Lipinski definition) is 0. The van der Waals surface area contributed by atoms with E-state index in [1.54, 1.807) is 0 Å². The first-order valence-corrected chi connectivity index (χ1v) is 21.6. The molecule has 0 atom stereocenters. The van der Waals surface area contributed by atoms with E-state index in [-0.39, 0.29) is 0 Å². The molecule has 0 saturated carbocycles. The second-order valence-corrected chi connectivity index (χ2v) is 18.4. The fourth-order valence-electron chi connectivity index (χ4n) is 9.55. The molecule has 1 nitrogen and oxygen atoms in total. The minimum Gasteiger partial charge on any atom is -0.309 e. The summed E-state index contributed by atoms with van der Waals surface area (Å²) in [6.45, 7) is 0. The Bertz CT molecular complexity index is 3590. The summed E-state index contributed by atoms with van der Waals surface area (Å²) in [6.07, 6.45) is 0. The lowest BCUT2D eigenvalue weighted by atomic mass is 9.87. The van der Waals surface area contributed by atoms with E-state index in [0.717, 1.165) is 43.0 Å². The zero-order valence-electron chi connectivity index (χ0n) is 31.6. The third-order valence-electron chi connectivity index (χ3n) is 12.4. The van der Waals surface area contributed by atoms with Gasteiger partial charge in [-0.25, -0.2) is 0 Å². The normalized spacial score (nSPS) is 12.2. The quantitative estimate of drug-likeness (QED) is 0.0993. The van der Waals surface area contributed by atoms with Gasteiger partial charge in [-0.2, -0.15) is 0 Å². The smallest absolute Gasteiger partial charge is 0.171 e. The molecule has 0 N–H and O–H groups in total. The Balaban J connectivity index is 1.08. The summed E-state index contributed by atoms with van der Waals surface area (Å²) >= 11 is 0. The standard InChI is InChI=1S/C56H35OP/c57-58(46-27-23-41-29-37-11-1-3-13-39(37)31-43(41)33-46,47-28-24-42-30-38-12-2-4-14-40(38)32-44(42)34-47)45-25-21-36(22-26-45)54-35-55-50-17-6-5-15-48(50)49-16-7-9-19-52(49)56(55)53-20-10-8-18-51(53)54/h1-35H. The Labute approximate surface area is 335 Å². The SMILES string of the molecule is O=P(c1ccc(-c2cc3c4ccccc4c4ccccc4c3c3ccccc23)cc1)(c1ccc2cc3ccccc3cc2c1)c1ccc2cc3ccccc3cc2c1. The molecule has 2 heteroatoms. The molecule has 12 aromatic carbocycles. The molecule has 0 unspecified atom stereocenters. The van der Waals surface area contributed by atoms with Crippen molar-refractivity contribution in [3.8, 4) is 11.1 Å². The highest BCUT2D eigenvalue weighted by Gasteiger charge is 2.31. The van der Waals surface area contributed by atoms with Gasteiger partial charge in [-0.05, 0) is 140 Å². The lowest BCUT2D eigenvalue weighted by Gasteiger charge is -2.22. The molecule has 0 amide bonds. The first-order valence-electron chi connectivity index (χ1n) is 19.9. The van der Waals surface area contributed by atoms with E-state index in [0.29, 0.717) is 0 Å². The second kappa shape index (κ2) is 12.7. The third kappa shape index (κ3) is 5.01. The van der Waals surface area contributed by atoms with Crippen molar-refractivity contribution in [3.63, 3.8) is 0 Å². The van der Waals surface area contributed by atoms with Gasteiger partial charge in [0, 0.05) is 15.9 Å². The van der Waals surface area contributed by atoms with Crippen LogP contribution >= 0.6 is 7.14 Å². The Morgan fingerprint density at radius 2 is 0.621 bits per heavy atom. The topological polar surface area (TPSA) is 17.1 Å². The van der Waals surface area contributed by atoms with Gasteiger partial charge >= 0.3 is 0 Å². The van der Waals surface area contributed by atoms with Crippen molar-refractivity contribution >= 4 is 109 Å². The van der Waals surface area contributed by atoms with Crippen LogP contribution in [0.25, 0.3) is 97.3 Å². The lowest BCUT2D eigenvalue weighted by molar-refractivity contribution is 0.592. The highest BCUT2D eigenvalue weighted by Crippen LogP contribution is 2.46. The van der Waals surface area contributed by atoms with Crippen LogP contribution < -0.4 is 15.9 Å². The summed E-state index contributed by atoms with van der Waals surface area (Å²) in [5, 5.41) is 21.7. The second-order valence-electron chi connectivity index (χ2n) is 15.6. The van der Waals surface area contributed by atoms with Crippen molar-refractivity contribution in [3.05, 3.63) is 212 Å². The van der Waals surface area contributed by atoms with Gasteiger partial charge in [-0.3, -0.25) is 0 Å². The number of benzene rings is 12. The molecule has 0 spiro atoms. The Kier molecular flexibility index (Phi) is 7.27. The van der Waals surface area contributed by atoms with E-state index in [9.17, 15) is 0 Å². The van der Waals surface area contributed by atoms with Crippen molar-refractivity contribution in [2.75, 3.05) is 0 Å². The van der Waals surface area contributed by atoms with Crippen LogP contribution in [0.1, 0.15) is 0 Å². The minimum absolute atomic E-state index is 0.818. The van der Waals surface area contributed by atoms with Crippen molar-refractivity contribution in [1.82, 2.24) is 0 Å². The third-order valence-corrected chi connectivity index (χ3v) is 15.4. The molecule has 0 saturated heterocycles. The van der Waals surface area contributed by atoms with Crippen molar-refractivity contribution in [2.24, 2.45) is 0 Å². The fraction of sp³-hybridized carbons (Fsp3) is 0. The molecule has 0 bridgehead atoms. The van der Waals surface area contributed by atoms with Crippen molar-refractivity contribution in [2.45, 2.75) is 0 Å². The van der Waals surface area contributed by atoms with Crippen LogP contribution in [-0.2, 0) is 4.57 Å².